The number of rotatable bonds is 6. The van der Waals surface area contributed by atoms with Crippen LogP contribution in [0.3, 0.4) is 0 Å². The maximum Gasteiger partial charge on any atom is 0.406 e. The monoisotopic (exact) mass is 350 g/mol. The molecule has 1 atom stereocenters. The van der Waals surface area contributed by atoms with Crippen LogP contribution in [0.25, 0.3) is 0 Å². The minimum absolute atomic E-state index is 0.0632. The number of ether oxygens (including phenoxy) is 2. The van der Waals surface area contributed by atoms with Gasteiger partial charge < -0.3 is 30.2 Å². The predicted octanol–water partition coefficient (Wildman–Crippen LogP) is 1.20. The second-order valence-electron chi connectivity index (χ2n) is 5.25. The highest BCUT2D eigenvalue weighted by atomic mass is 16.6. The zero-order valence-corrected chi connectivity index (χ0v) is 14.0. The summed E-state index contributed by atoms with van der Waals surface area (Å²) in [7, 11) is 0. The van der Waals surface area contributed by atoms with Gasteiger partial charge in [-0.05, 0) is 35.9 Å². The highest BCUT2D eigenvalue weighted by Gasteiger charge is 2.30. The number of nitrogens with zero attached hydrogens (tertiary/aromatic N) is 2. The molecule has 0 spiro atoms. The summed E-state index contributed by atoms with van der Waals surface area (Å²) in [5.74, 6) is -1.10. The zero-order chi connectivity index (χ0) is 18.6. The van der Waals surface area contributed by atoms with Crippen molar-refractivity contribution in [2.45, 2.75) is 26.8 Å². The Bertz CT molecular complexity index is 746. The summed E-state index contributed by atoms with van der Waals surface area (Å²) in [4.78, 5) is 38.0. The molecule has 0 radical (unpaired) electrons. The van der Waals surface area contributed by atoms with Gasteiger partial charge in [-0.25, -0.2) is 9.59 Å². The van der Waals surface area contributed by atoms with Crippen molar-refractivity contribution in [1.82, 2.24) is 15.6 Å². The summed E-state index contributed by atoms with van der Waals surface area (Å²) in [5, 5.41) is 16.1. The van der Waals surface area contributed by atoms with Gasteiger partial charge in [0.1, 0.15) is 12.3 Å². The van der Waals surface area contributed by atoms with Crippen LogP contribution in [0.2, 0.25) is 0 Å². The molecule has 0 bridgehead atoms. The normalized spacial score (nSPS) is 16.8. The van der Waals surface area contributed by atoms with E-state index in [4.69, 9.17) is 9.47 Å². The van der Waals surface area contributed by atoms with Crippen LogP contribution in [0.1, 0.15) is 19.5 Å². The molecule has 10 heteroatoms. The number of amides is 2. The molecule has 2 rings (SSSR count). The van der Waals surface area contributed by atoms with Gasteiger partial charge in [-0.3, -0.25) is 0 Å². The van der Waals surface area contributed by atoms with Gasteiger partial charge in [0.2, 0.25) is 5.75 Å². The van der Waals surface area contributed by atoms with Crippen LogP contribution < -0.4 is 15.4 Å². The van der Waals surface area contributed by atoms with Crippen LogP contribution >= 0.6 is 0 Å². The molecule has 25 heavy (non-hydrogen) atoms. The fourth-order valence-electron chi connectivity index (χ4n) is 2.32. The molecule has 0 saturated heterocycles. The van der Waals surface area contributed by atoms with E-state index in [-0.39, 0.29) is 30.2 Å². The molecule has 2 heterocycles. The van der Waals surface area contributed by atoms with Crippen LogP contribution in [-0.4, -0.2) is 41.2 Å². The van der Waals surface area contributed by atoms with E-state index in [0.29, 0.717) is 5.69 Å². The largest absolute Gasteiger partial charge is 0.479 e. The lowest BCUT2D eigenvalue weighted by molar-refractivity contribution is -0.390. The number of esters is 1. The van der Waals surface area contributed by atoms with Crippen LogP contribution in [0.5, 0.6) is 5.75 Å². The SMILES string of the molecule is CCOC(=O)C1=C(COc2ccc(C)nc2[N+](=O)[O-])NC(=O)N[C@@H]1C. The van der Waals surface area contributed by atoms with Crippen molar-refractivity contribution in [2.24, 2.45) is 0 Å². The molecule has 1 aliphatic rings. The first-order valence-electron chi connectivity index (χ1n) is 7.56. The first-order valence-corrected chi connectivity index (χ1v) is 7.56. The number of aromatic nitrogens is 1. The van der Waals surface area contributed by atoms with Crippen molar-refractivity contribution >= 4 is 17.8 Å². The number of carbonyl (C=O) groups is 2. The number of carbonyl (C=O) groups excluding carboxylic acids is 2. The lowest BCUT2D eigenvalue weighted by atomic mass is 10.0. The average molecular weight is 350 g/mol. The quantitative estimate of drug-likeness (QED) is 0.447. The molecular formula is C15H18N4O6. The third-order valence-corrected chi connectivity index (χ3v) is 3.39. The highest BCUT2D eigenvalue weighted by Crippen LogP contribution is 2.25. The minimum Gasteiger partial charge on any atom is -0.479 e. The molecule has 0 aromatic carbocycles. The van der Waals surface area contributed by atoms with E-state index in [9.17, 15) is 19.7 Å². The van der Waals surface area contributed by atoms with Gasteiger partial charge in [0.05, 0.1) is 23.9 Å². The lowest BCUT2D eigenvalue weighted by Gasteiger charge is -2.26. The summed E-state index contributed by atoms with van der Waals surface area (Å²) in [6.45, 7) is 4.82. The van der Waals surface area contributed by atoms with Gasteiger partial charge in [-0.2, -0.15) is 0 Å². The maximum atomic E-state index is 12.1. The second kappa shape index (κ2) is 7.60. The topological polar surface area (TPSA) is 133 Å². The van der Waals surface area contributed by atoms with Crippen molar-refractivity contribution in [2.75, 3.05) is 13.2 Å². The van der Waals surface area contributed by atoms with Crippen molar-refractivity contribution in [3.05, 3.63) is 39.2 Å². The highest BCUT2D eigenvalue weighted by molar-refractivity contribution is 5.94. The summed E-state index contributed by atoms with van der Waals surface area (Å²) in [5.41, 5.74) is 0.850. The maximum absolute atomic E-state index is 12.1. The fraction of sp³-hybridized carbons (Fsp3) is 0.400. The van der Waals surface area contributed by atoms with Crippen LogP contribution in [0.4, 0.5) is 10.6 Å². The summed E-state index contributed by atoms with van der Waals surface area (Å²) >= 11 is 0. The van der Waals surface area contributed by atoms with Gasteiger partial charge in [-0.1, -0.05) is 0 Å². The Labute approximate surface area is 143 Å². The third kappa shape index (κ3) is 4.22. The van der Waals surface area contributed by atoms with Crippen molar-refractivity contribution in [3.63, 3.8) is 0 Å². The Morgan fingerprint density at radius 2 is 2.16 bits per heavy atom. The molecule has 1 aliphatic heterocycles. The van der Waals surface area contributed by atoms with Gasteiger partial charge in [-0.15, -0.1) is 0 Å². The molecule has 0 fully saturated rings. The fourth-order valence-corrected chi connectivity index (χ4v) is 2.32. The Morgan fingerprint density at radius 3 is 2.80 bits per heavy atom. The van der Waals surface area contributed by atoms with Crippen LogP contribution in [-0.2, 0) is 9.53 Å². The standard InChI is InChI=1S/C15H18N4O6/c1-4-24-14(20)12-9(3)17-15(21)18-10(12)7-25-11-6-5-8(2)16-13(11)19(22)23/h5-6,9H,4,7H2,1-3H3,(H2,17,18,21)/t9-/m1/s1. The van der Waals surface area contributed by atoms with Crippen molar-refractivity contribution < 1.29 is 24.0 Å². The van der Waals surface area contributed by atoms with Gasteiger partial charge in [0.25, 0.3) is 0 Å². The van der Waals surface area contributed by atoms with E-state index >= 15 is 0 Å². The molecular weight excluding hydrogens is 332 g/mol. The molecule has 1 aromatic rings. The molecule has 1 aromatic heterocycles. The molecule has 0 aliphatic carbocycles. The van der Waals surface area contributed by atoms with Crippen LogP contribution in [0, 0.1) is 17.0 Å². The van der Waals surface area contributed by atoms with Crippen molar-refractivity contribution in [1.29, 1.82) is 0 Å². The average Bonchev–Trinajstić information content (AvgIpc) is 2.53. The molecule has 134 valence electrons. The Hall–Kier alpha value is -3.17. The number of hydrogen-bond donors (Lipinski definition) is 2. The van der Waals surface area contributed by atoms with E-state index < -0.39 is 28.8 Å². The molecule has 2 N–H and O–H groups in total. The van der Waals surface area contributed by atoms with Crippen LogP contribution in [0.15, 0.2) is 23.4 Å². The van der Waals surface area contributed by atoms with E-state index in [1.807, 2.05) is 0 Å². The number of hydrogen-bond acceptors (Lipinski definition) is 7. The summed E-state index contributed by atoms with van der Waals surface area (Å²) < 4.78 is 10.4. The summed E-state index contributed by atoms with van der Waals surface area (Å²) in [6, 6.07) is 1.89. The predicted molar refractivity (Wildman–Crippen MR) is 85.9 cm³/mol. The zero-order valence-electron chi connectivity index (χ0n) is 14.0. The first-order chi connectivity index (χ1) is 11.8. The number of nitrogens with one attached hydrogen (secondary N) is 2. The van der Waals surface area contributed by atoms with Gasteiger partial charge >= 0.3 is 17.8 Å². The van der Waals surface area contributed by atoms with E-state index in [1.165, 1.54) is 6.07 Å². The Kier molecular flexibility index (Phi) is 5.52. The number of pyridine rings is 1. The molecule has 2 amide bonds. The first kappa shape index (κ1) is 18.2. The molecule has 0 saturated carbocycles. The van der Waals surface area contributed by atoms with E-state index in [1.54, 1.807) is 26.8 Å². The van der Waals surface area contributed by atoms with Gasteiger partial charge in [0, 0.05) is 6.92 Å². The van der Waals surface area contributed by atoms with E-state index in [0.717, 1.165) is 0 Å². The van der Waals surface area contributed by atoms with E-state index in [2.05, 4.69) is 15.6 Å². The smallest absolute Gasteiger partial charge is 0.406 e. The number of aryl methyl sites for hydroxylation is 1. The van der Waals surface area contributed by atoms with Gasteiger partial charge in [0.15, 0.2) is 0 Å². The Balaban J connectivity index is 2.29. The second-order valence-corrected chi connectivity index (χ2v) is 5.25. The number of nitro groups is 1. The lowest BCUT2D eigenvalue weighted by Crippen LogP contribution is -2.50. The summed E-state index contributed by atoms with van der Waals surface area (Å²) in [6.07, 6.45) is 0. The third-order valence-electron chi connectivity index (χ3n) is 3.39. The molecule has 10 nitrogen and oxygen atoms in total. The van der Waals surface area contributed by atoms with Crippen molar-refractivity contribution in [3.8, 4) is 5.75 Å². The Morgan fingerprint density at radius 1 is 1.44 bits per heavy atom. The molecule has 0 unspecified atom stereocenters. The number of urea groups is 1. The minimum atomic E-state index is -0.660.